The Balaban J connectivity index is 1.45. The van der Waals surface area contributed by atoms with Crippen LogP contribution in [0.25, 0.3) is 22.0 Å². The molecule has 5 rings (SSSR count). The maximum atomic E-state index is 13.6. The molecule has 0 unspecified atom stereocenters. The second kappa shape index (κ2) is 13.6. The van der Waals surface area contributed by atoms with Crippen molar-refractivity contribution in [3.63, 3.8) is 0 Å². The van der Waals surface area contributed by atoms with Crippen LogP contribution in [0.15, 0.2) is 114 Å². The van der Waals surface area contributed by atoms with Gasteiger partial charge in [-0.05, 0) is 40.8 Å². The highest BCUT2D eigenvalue weighted by Gasteiger charge is 2.33. The van der Waals surface area contributed by atoms with Gasteiger partial charge in [0, 0.05) is 22.3 Å². The predicted octanol–water partition coefficient (Wildman–Crippen LogP) is 6.17. The van der Waals surface area contributed by atoms with Gasteiger partial charge in [0.05, 0.1) is 38.0 Å². The van der Waals surface area contributed by atoms with E-state index in [9.17, 15) is 27.9 Å². The number of benzene rings is 4. The molecule has 4 aromatic carbocycles. The Labute approximate surface area is 251 Å². The lowest BCUT2D eigenvalue weighted by Crippen LogP contribution is -2.51. The Morgan fingerprint density at radius 3 is 1.93 bits per heavy atom. The summed E-state index contributed by atoms with van der Waals surface area (Å²) >= 11 is 0. The van der Waals surface area contributed by atoms with E-state index in [0.717, 1.165) is 22.1 Å². The molecule has 10 heteroatoms. The fourth-order valence-electron chi connectivity index (χ4n) is 4.94. The van der Waals surface area contributed by atoms with Crippen LogP contribution in [-0.2, 0) is 28.9 Å². The number of alkyl halides is 3. The number of carbonyl (C=O) groups is 1. The molecule has 0 aliphatic carbocycles. The van der Waals surface area contributed by atoms with E-state index in [0.29, 0.717) is 5.39 Å². The van der Waals surface area contributed by atoms with E-state index in [4.69, 9.17) is 9.47 Å². The molecule has 1 aromatic heterocycles. The van der Waals surface area contributed by atoms with Crippen molar-refractivity contribution >= 4 is 22.6 Å². The van der Waals surface area contributed by atoms with Gasteiger partial charge in [-0.1, -0.05) is 84.9 Å². The smallest absolute Gasteiger partial charge is 0.417 e. The highest BCUT2D eigenvalue weighted by molar-refractivity contribution is 5.93. The van der Waals surface area contributed by atoms with Gasteiger partial charge in [-0.15, -0.1) is 0 Å². The van der Waals surface area contributed by atoms with E-state index < -0.39 is 29.4 Å². The molecule has 0 spiro atoms. The highest BCUT2D eigenvalue weighted by atomic mass is 19.4. The lowest BCUT2D eigenvalue weighted by molar-refractivity contribution is -0.247. The Morgan fingerprint density at radius 1 is 0.795 bits per heavy atom. The number of ether oxygens (including phenoxy) is 2. The minimum Gasteiger partial charge on any atom is -0.530 e. The number of carbonyl (C=O) groups excluding carboxylic acids is 1. The third-order valence-electron chi connectivity index (χ3n) is 7.04. The zero-order valence-corrected chi connectivity index (χ0v) is 23.4. The predicted molar refractivity (Wildman–Crippen MR) is 159 cm³/mol. The molecule has 0 aliphatic heterocycles. The summed E-state index contributed by atoms with van der Waals surface area (Å²) in [5, 5.41) is 12.9. The first kappa shape index (κ1) is 30.5. The van der Waals surface area contributed by atoms with Gasteiger partial charge < -0.3 is 29.3 Å². The van der Waals surface area contributed by atoms with Gasteiger partial charge in [0.25, 0.3) is 5.56 Å². The Hall–Kier alpha value is -4.93. The number of amides is 1. The van der Waals surface area contributed by atoms with E-state index in [2.05, 4.69) is 4.98 Å². The summed E-state index contributed by atoms with van der Waals surface area (Å²) < 4.78 is 52.7. The molecular weight excluding hydrogens is 573 g/mol. The number of aromatic nitrogens is 1. The van der Waals surface area contributed by atoms with Gasteiger partial charge in [0.2, 0.25) is 0 Å². The summed E-state index contributed by atoms with van der Waals surface area (Å²) in [6.07, 6.45) is -6.16. The number of hydrogen-bond donors (Lipinski definition) is 1. The van der Waals surface area contributed by atoms with Crippen molar-refractivity contribution < 1.29 is 32.5 Å². The van der Waals surface area contributed by atoms with Gasteiger partial charge in [0.15, 0.2) is 0 Å². The van der Waals surface area contributed by atoms with Crippen molar-refractivity contribution in [1.29, 1.82) is 0 Å². The van der Waals surface area contributed by atoms with Crippen LogP contribution in [0.2, 0.25) is 0 Å². The number of H-pyrrole nitrogens is 1. The van der Waals surface area contributed by atoms with Crippen LogP contribution < -0.4 is 15.6 Å². The maximum absolute atomic E-state index is 13.6. The molecule has 7 nitrogen and oxygen atoms in total. The lowest BCUT2D eigenvalue weighted by atomic mass is 10.0. The van der Waals surface area contributed by atoms with Crippen molar-refractivity contribution in [1.82, 2.24) is 4.98 Å². The molecule has 0 saturated carbocycles. The second-order valence-electron chi connectivity index (χ2n) is 10.1. The molecule has 0 atom stereocenters. The number of fused-ring (bicyclic) bond motifs is 1. The topological polar surface area (TPSA) is 94.7 Å². The van der Waals surface area contributed by atoms with Crippen LogP contribution in [0, 0.1) is 0 Å². The third kappa shape index (κ3) is 7.34. The number of nitrogens with one attached hydrogen (secondary N) is 1. The molecule has 1 N–H and O–H groups in total. The number of halogens is 3. The van der Waals surface area contributed by atoms with Crippen LogP contribution in [0.3, 0.4) is 0 Å². The van der Waals surface area contributed by atoms with Crippen molar-refractivity contribution in [2.24, 2.45) is 0 Å². The van der Waals surface area contributed by atoms with Gasteiger partial charge in [0.1, 0.15) is 6.09 Å². The average Bonchev–Trinajstić information content (AvgIpc) is 3.01. The fraction of sp³-hybridized carbons (Fsp3) is 0.176. The van der Waals surface area contributed by atoms with Crippen LogP contribution in [-0.4, -0.2) is 30.3 Å². The summed E-state index contributed by atoms with van der Waals surface area (Å²) in [6.45, 7) is 0.380. The van der Waals surface area contributed by atoms with Crippen molar-refractivity contribution in [3.8, 4) is 11.3 Å². The molecule has 0 bridgehead atoms. The molecular formula is C34H28F3N2O5-. The number of pyridine rings is 1. The summed E-state index contributed by atoms with van der Waals surface area (Å²) in [6, 6.07) is 28.6. The first-order chi connectivity index (χ1) is 21.2. The zero-order chi connectivity index (χ0) is 31.1. The van der Waals surface area contributed by atoms with Crippen molar-refractivity contribution in [3.05, 3.63) is 136 Å². The summed E-state index contributed by atoms with van der Waals surface area (Å²) in [5.74, 6) is 0. The number of nitrogens with zero attached hydrogens (tertiary/aromatic N) is 1. The Morgan fingerprint density at radius 2 is 1.36 bits per heavy atom. The Bertz CT molecular complexity index is 1730. The summed E-state index contributed by atoms with van der Waals surface area (Å²) in [7, 11) is 0. The van der Waals surface area contributed by atoms with E-state index in [1.165, 1.54) is 42.5 Å². The normalized spacial score (nSPS) is 11.6. The monoisotopic (exact) mass is 601 g/mol. The first-order valence-electron chi connectivity index (χ1n) is 13.8. The standard InChI is InChI=1S/C34H29F3N2O5/c35-34(36,37)30-14-8-7-13-28(30)31-17-25-15-16-26(18-29(25)32(40)38-31)39(33(41)42)27(21-43-19-23-9-3-1-4-10-23)22-44-20-24-11-5-2-6-12-24/h1-18,27H,19-22H2,(H,38,40)(H,41,42)/p-1. The number of carboxylic acid groups (broad SMARTS) is 1. The zero-order valence-electron chi connectivity index (χ0n) is 23.4. The average molecular weight is 602 g/mol. The molecule has 1 heterocycles. The number of hydrogen-bond acceptors (Lipinski definition) is 5. The fourth-order valence-corrected chi connectivity index (χ4v) is 4.94. The number of anilines is 1. The molecule has 44 heavy (non-hydrogen) atoms. The third-order valence-corrected chi connectivity index (χ3v) is 7.04. The maximum Gasteiger partial charge on any atom is 0.417 e. The van der Waals surface area contributed by atoms with Crippen LogP contribution in [0.5, 0.6) is 0 Å². The van der Waals surface area contributed by atoms with Crippen molar-refractivity contribution in [2.75, 3.05) is 18.1 Å². The van der Waals surface area contributed by atoms with E-state index in [-0.39, 0.29) is 48.8 Å². The van der Waals surface area contributed by atoms with Crippen molar-refractivity contribution in [2.45, 2.75) is 25.4 Å². The van der Waals surface area contributed by atoms with Crippen LogP contribution >= 0.6 is 0 Å². The largest absolute Gasteiger partial charge is 0.530 e. The number of rotatable bonds is 11. The molecule has 0 radical (unpaired) electrons. The summed E-state index contributed by atoms with van der Waals surface area (Å²) in [5.41, 5.74) is 0.179. The second-order valence-corrected chi connectivity index (χ2v) is 10.1. The highest BCUT2D eigenvalue weighted by Crippen LogP contribution is 2.36. The molecule has 1 amide bonds. The molecule has 226 valence electrons. The van der Waals surface area contributed by atoms with E-state index in [1.807, 2.05) is 60.7 Å². The quantitative estimate of drug-likeness (QED) is 0.196. The van der Waals surface area contributed by atoms with E-state index in [1.54, 1.807) is 0 Å². The van der Waals surface area contributed by atoms with Gasteiger partial charge in [-0.2, -0.15) is 13.2 Å². The van der Waals surface area contributed by atoms with Crippen LogP contribution in [0.1, 0.15) is 16.7 Å². The SMILES string of the molecule is O=C([O-])N(c1ccc2cc(-c3ccccc3C(F)(F)F)[nH]c(=O)c2c1)C(COCc1ccccc1)COCc1ccccc1. The molecule has 0 saturated heterocycles. The van der Waals surface area contributed by atoms with Crippen LogP contribution in [0.4, 0.5) is 23.7 Å². The minimum absolute atomic E-state index is 0.0126. The minimum atomic E-state index is -4.62. The molecule has 0 fully saturated rings. The first-order valence-corrected chi connectivity index (χ1v) is 13.8. The summed E-state index contributed by atoms with van der Waals surface area (Å²) in [4.78, 5) is 29.1. The lowest BCUT2D eigenvalue weighted by Gasteiger charge is -2.34. The van der Waals surface area contributed by atoms with Gasteiger partial charge >= 0.3 is 6.18 Å². The Kier molecular flexibility index (Phi) is 9.42. The number of aromatic amines is 1. The van der Waals surface area contributed by atoms with Gasteiger partial charge in [-0.3, -0.25) is 4.79 Å². The molecule has 0 aliphatic rings. The van der Waals surface area contributed by atoms with Gasteiger partial charge in [-0.25, -0.2) is 0 Å². The molecule has 5 aromatic rings. The van der Waals surface area contributed by atoms with E-state index >= 15 is 0 Å².